The SMILES string of the molecule is O=C(O)NC(=O)C(CO)N[C@H]1CCCC[C@H]1N[C@H](CO)C(=O)NC(=O)O. The average Bonchev–Trinajstić information content (AvgIpc) is 2.56. The number of hydrogen-bond acceptors (Lipinski definition) is 8. The van der Waals surface area contributed by atoms with Crippen LogP contribution >= 0.6 is 0 Å². The summed E-state index contributed by atoms with van der Waals surface area (Å²) in [5.74, 6) is -1.82. The van der Waals surface area contributed by atoms with E-state index in [0.29, 0.717) is 12.8 Å². The highest BCUT2D eigenvalue weighted by Gasteiger charge is 2.32. The topological polar surface area (TPSA) is 197 Å². The number of hydrogen-bond donors (Lipinski definition) is 8. The highest BCUT2D eigenvalue weighted by Crippen LogP contribution is 2.19. The average molecular weight is 376 g/mol. The van der Waals surface area contributed by atoms with Crippen molar-refractivity contribution in [3.05, 3.63) is 0 Å². The van der Waals surface area contributed by atoms with Gasteiger partial charge in [-0.3, -0.25) is 30.9 Å². The monoisotopic (exact) mass is 376 g/mol. The molecule has 1 saturated carbocycles. The van der Waals surface area contributed by atoms with Gasteiger partial charge < -0.3 is 20.4 Å². The van der Waals surface area contributed by atoms with Crippen molar-refractivity contribution < 1.29 is 39.6 Å². The van der Waals surface area contributed by atoms with Crippen molar-refractivity contribution in [3.8, 4) is 0 Å². The van der Waals surface area contributed by atoms with Gasteiger partial charge >= 0.3 is 12.2 Å². The maximum atomic E-state index is 11.8. The maximum Gasteiger partial charge on any atom is 0.411 e. The number of nitrogens with one attached hydrogen (secondary N) is 4. The fourth-order valence-corrected chi connectivity index (χ4v) is 2.85. The van der Waals surface area contributed by atoms with Crippen LogP contribution in [0.15, 0.2) is 0 Å². The van der Waals surface area contributed by atoms with Crippen molar-refractivity contribution in [2.45, 2.75) is 49.9 Å². The third-order valence-corrected chi connectivity index (χ3v) is 4.05. The minimum atomic E-state index is -1.54. The van der Waals surface area contributed by atoms with Crippen molar-refractivity contribution in [1.29, 1.82) is 0 Å². The molecular formula is C14H24N4O8. The molecule has 12 nitrogen and oxygen atoms in total. The van der Waals surface area contributed by atoms with Gasteiger partial charge in [0.2, 0.25) is 11.8 Å². The van der Waals surface area contributed by atoms with Crippen LogP contribution in [-0.2, 0) is 9.59 Å². The Hall–Kier alpha value is -2.28. The molecule has 0 spiro atoms. The lowest BCUT2D eigenvalue weighted by atomic mass is 9.89. The van der Waals surface area contributed by atoms with Crippen LogP contribution in [0, 0.1) is 0 Å². The van der Waals surface area contributed by atoms with Crippen molar-refractivity contribution in [2.75, 3.05) is 13.2 Å². The number of carboxylic acid groups (broad SMARTS) is 2. The first-order valence-corrected chi connectivity index (χ1v) is 8.09. The number of carbonyl (C=O) groups excluding carboxylic acids is 2. The maximum absolute atomic E-state index is 11.8. The van der Waals surface area contributed by atoms with Crippen molar-refractivity contribution in [1.82, 2.24) is 21.3 Å². The minimum Gasteiger partial charge on any atom is -0.465 e. The van der Waals surface area contributed by atoms with E-state index in [1.165, 1.54) is 0 Å². The van der Waals surface area contributed by atoms with Gasteiger partial charge in [-0.1, -0.05) is 12.8 Å². The highest BCUT2D eigenvalue weighted by atomic mass is 16.4. The zero-order valence-corrected chi connectivity index (χ0v) is 14.0. The van der Waals surface area contributed by atoms with Gasteiger partial charge in [-0.2, -0.15) is 0 Å². The lowest BCUT2D eigenvalue weighted by Crippen LogP contribution is -2.61. The molecule has 4 amide bonds. The fraction of sp³-hybridized carbons (Fsp3) is 0.714. The number of imide groups is 2. The third kappa shape index (κ3) is 6.92. The minimum absolute atomic E-state index is 0.396. The Labute approximate surface area is 149 Å². The predicted molar refractivity (Wildman–Crippen MR) is 86.4 cm³/mol. The zero-order valence-electron chi connectivity index (χ0n) is 14.0. The first-order valence-electron chi connectivity index (χ1n) is 8.09. The summed E-state index contributed by atoms with van der Waals surface area (Å²) in [5, 5.41) is 44.9. The summed E-state index contributed by atoms with van der Waals surface area (Å²) in [6.07, 6.45) is -0.321. The summed E-state index contributed by atoms with van der Waals surface area (Å²) in [6, 6.07) is -3.13. The molecule has 0 saturated heterocycles. The van der Waals surface area contributed by atoms with E-state index in [4.69, 9.17) is 10.2 Å². The molecule has 8 N–H and O–H groups in total. The predicted octanol–water partition coefficient (Wildman–Crippen LogP) is -2.21. The van der Waals surface area contributed by atoms with E-state index in [9.17, 15) is 29.4 Å². The van der Waals surface area contributed by atoms with E-state index >= 15 is 0 Å². The summed E-state index contributed by atoms with van der Waals surface area (Å²) < 4.78 is 0. The molecule has 0 aromatic rings. The standard InChI is InChI=1S/C14H24N4O8/c19-5-9(11(21)17-13(23)24)15-7-3-1-2-4-8(7)16-10(6-20)12(22)18-14(25)26/h7-10,15-16,19-20H,1-6H2,(H,17,21)(H,18,22)(H,23,24)(H,25,26)/t7-,8+,9-,10?/m1/s1. The van der Waals surface area contributed by atoms with E-state index in [0.717, 1.165) is 12.8 Å². The van der Waals surface area contributed by atoms with Crippen LogP contribution in [0.4, 0.5) is 9.59 Å². The van der Waals surface area contributed by atoms with Crippen molar-refractivity contribution >= 4 is 24.0 Å². The van der Waals surface area contributed by atoms with E-state index < -0.39 is 61.4 Å². The molecule has 1 aliphatic carbocycles. The van der Waals surface area contributed by atoms with Crippen molar-refractivity contribution in [3.63, 3.8) is 0 Å². The molecule has 0 aromatic carbocycles. The van der Waals surface area contributed by atoms with Gasteiger partial charge in [-0.25, -0.2) is 9.59 Å². The molecule has 1 fully saturated rings. The number of aliphatic hydroxyl groups excluding tert-OH is 2. The first-order chi connectivity index (χ1) is 12.3. The summed E-state index contributed by atoms with van der Waals surface area (Å²) in [5.41, 5.74) is 0. The van der Waals surface area contributed by atoms with E-state index in [1.807, 2.05) is 0 Å². The van der Waals surface area contributed by atoms with E-state index in [-0.39, 0.29) is 0 Å². The molecule has 0 aliphatic heterocycles. The van der Waals surface area contributed by atoms with E-state index in [2.05, 4.69) is 10.6 Å². The van der Waals surface area contributed by atoms with Crippen LogP contribution in [-0.4, -0.2) is 81.8 Å². The molecule has 0 aromatic heterocycles. The number of carbonyl (C=O) groups is 4. The summed E-state index contributed by atoms with van der Waals surface area (Å²) in [4.78, 5) is 44.7. The summed E-state index contributed by atoms with van der Waals surface area (Å²) in [6.45, 7) is -1.27. The largest absolute Gasteiger partial charge is 0.465 e. The zero-order chi connectivity index (χ0) is 19.7. The van der Waals surface area contributed by atoms with E-state index in [1.54, 1.807) is 10.6 Å². The molecule has 1 unspecified atom stereocenters. The Bertz CT molecular complexity index is 483. The molecule has 0 heterocycles. The van der Waals surface area contributed by atoms with Crippen LogP contribution < -0.4 is 21.3 Å². The smallest absolute Gasteiger partial charge is 0.411 e. The normalized spacial score (nSPS) is 22.1. The number of aliphatic hydroxyl groups is 2. The second-order valence-electron chi connectivity index (χ2n) is 5.89. The Kier molecular flexibility index (Phi) is 8.92. The Morgan fingerprint density at radius 3 is 1.38 bits per heavy atom. The molecule has 4 atom stereocenters. The fourth-order valence-electron chi connectivity index (χ4n) is 2.85. The van der Waals surface area contributed by atoms with Crippen LogP contribution in [0.3, 0.4) is 0 Å². The highest BCUT2D eigenvalue weighted by molar-refractivity contribution is 5.94. The van der Waals surface area contributed by atoms with Gasteiger partial charge in [-0.15, -0.1) is 0 Å². The Morgan fingerprint density at radius 2 is 1.12 bits per heavy atom. The summed E-state index contributed by atoms with van der Waals surface area (Å²) in [7, 11) is 0. The van der Waals surface area contributed by atoms with Crippen molar-refractivity contribution in [2.24, 2.45) is 0 Å². The van der Waals surface area contributed by atoms with Gasteiger partial charge in [0.25, 0.3) is 0 Å². The molecule has 1 rings (SSSR count). The van der Waals surface area contributed by atoms with Crippen LogP contribution in [0.5, 0.6) is 0 Å². The molecule has 26 heavy (non-hydrogen) atoms. The lowest BCUT2D eigenvalue weighted by molar-refractivity contribution is -0.125. The summed E-state index contributed by atoms with van der Waals surface area (Å²) >= 11 is 0. The lowest BCUT2D eigenvalue weighted by Gasteiger charge is -2.36. The molecule has 12 heteroatoms. The number of amides is 4. The third-order valence-electron chi connectivity index (χ3n) is 4.05. The molecular weight excluding hydrogens is 352 g/mol. The second kappa shape index (κ2) is 10.7. The van der Waals surface area contributed by atoms with Gasteiger partial charge in [0, 0.05) is 12.1 Å². The first kappa shape index (κ1) is 21.8. The van der Waals surface area contributed by atoms with Gasteiger partial charge in [0.1, 0.15) is 12.1 Å². The second-order valence-corrected chi connectivity index (χ2v) is 5.89. The molecule has 0 bridgehead atoms. The Morgan fingerprint density at radius 1 is 0.769 bits per heavy atom. The van der Waals surface area contributed by atoms with Crippen LogP contribution in [0.25, 0.3) is 0 Å². The molecule has 0 radical (unpaired) electrons. The quantitative estimate of drug-likeness (QED) is 0.230. The van der Waals surface area contributed by atoms with Crippen LogP contribution in [0.1, 0.15) is 25.7 Å². The molecule has 148 valence electrons. The van der Waals surface area contributed by atoms with Crippen LogP contribution in [0.2, 0.25) is 0 Å². The molecule has 1 aliphatic rings. The Balaban J connectivity index is 2.75. The number of rotatable bonds is 8. The van der Waals surface area contributed by atoms with Gasteiger partial charge in [0.05, 0.1) is 13.2 Å². The van der Waals surface area contributed by atoms with Gasteiger partial charge in [0.15, 0.2) is 0 Å². The van der Waals surface area contributed by atoms with Gasteiger partial charge in [-0.05, 0) is 12.8 Å².